The number of aliphatic imine (C=N–C) groups is 1. The maximum Gasteiger partial charge on any atom is 0.191 e. The molecular formula is C22H38IN3O3. The van der Waals surface area contributed by atoms with Gasteiger partial charge >= 0.3 is 0 Å². The minimum absolute atomic E-state index is 0. The molecule has 0 spiro atoms. The van der Waals surface area contributed by atoms with Crippen LogP contribution in [-0.4, -0.2) is 52.1 Å². The van der Waals surface area contributed by atoms with Gasteiger partial charge in [0.25, 0.3) is 0 Å². The molecule has 0 atom stereocenters. The Hall–Kier alpha value is -0.900. The van der Waals surface area contributed by atoms with Gasteiger partial charge in [-0.05, 0) is 36.3 Å². The van der Waals surface area contributed by atoms with Gasteiger partial charge in [-0.2, -0.15) is 0 Å². The molecule has 1 aromatic rings. The van der Waals surface area contributed by atoms with Gasteiger partial charge in [-0.25, -0.2) is 0 Å². The molecular weight excluding hydrogens is 481 g/mol. The molecule has 2 rings (SSSR count). The van der Waals surface area contributed by atoms with E-state index in [1.165, 1.54) is 11.1 Å². The van der Waals surface area contributed by atoms with Crippen LogP contribution in [0.3, 0.4) is 0 Å². The molecule has 0 bridgehead atoms. The molecule has 1 aromatic carbocycles. The summed E-state index contributed by atoms with van der Waals surface area (Å²) in [6.07, 6.45) is 3.27. The molecule has 1 saturated heterocycles. The number of halogens is 1. The van der Waals surface area contributed by atoms with Gasteiger partial charge in [-0.15, -0.1) is 24.0 Å². The number of nitrogens with one attached hydrogen (secondary N) is 2. The van der Waals surface area contributed by atoms with Crippen molar-refractivity contribution in [2.24, 2.45) is 10.9 Å². The van der Waals surface area contributed by atoms with Crippen molar-refractivity contribution in [1.29, 1.82) is 0 Å². The first kappa shape index (κ1) is 26.1. The van der Waals surface area contributed by atoms with Crippen LogP contribution in [0.15, 0.2) is 29.3 Å². The highest BCUT2D eigenvalue weighted by molar-refractivity contribution is 14.0. The van der Waals surface area contributed by atoms with Gasteiger partial charge in [-0.3, -0.25) is 4.99 Å². The van der Waals surface area contributed by atoms with E-state index >= 15 is 0 Å². The number of guanidine groups is 1. The Morgan fingerprint density at radius 1 is 1.21 bits per heavy atom. The zero-order chi connectivity index (χ0) is 20.0. The summed E-state index contributed by atoms with van der Waals surface area (Å²) in [5.41, 5.74) is 2.42. The van der Waals surface area contributed by atoms with Gasteiger partial charge in [0.2, 0.25) is 0 Å². The first-order valence-corrected chi connectivity index (χ1v) is 10.5. The normalized spacial score (nSPS) is 15.2. The third-order valence-corrected chi connectivity index (χ3v) is 4.54. The van der Waals surface area contributed by atoms with E-state index in [0.29, 0.717) is 18.6 Å². The molecule has 166 valence electrons. The van der Waals surface area contributed by atoms with Crippen LogP contribution in [0.2, 0.25) is 0 Å². The van der Waals surface area contributed by atoms with Crippen molar-refractivity contribution in [3.05, 3.63) is 35.4 Å². The predicted molar refractivity (Wildman–Crippen MR) is 129 cm³/mol. The second-order valence-corrected chi connectivity index (χ2v) is 7.62. The Labute approximate surface area is 193 Å². The zero-order valence-electron chi connectivity index (χ0n) is 18.1. The Kier molecular flexibility index (Phi) is 14.3. The summed E-state index contributed by atoms with van der Waals surface area (Å²) in [6, 6.07) is 8.52. The van der Waals surface area contributed by atoms with Crippen LogP contribution in [0.4, 0.5) is 0 Å². The van der Waals surface area contributed by atoms with E-state index in [1.54, 1.807) is 7.05 Å². The fourth-order valence-corrected chi connectivity index (χ4v) is 2.99. The number of benzene rings is 1. The maximum atomic E-state index is 6.02. The lowest BCUT2D eigenvalue weighted by Gasteiger charge is -2.22. The highest BCUT2D eigenvalue weighted by atomic mass is 127. The van der Waals surface area contributed by atoms with Crippen molar-refractivity contribution in [3.8, 4) is 0 Å². The molecule has 1 fully saturated rings. The molecule has 6 nitrogen and oxygen atoms in total. The Morgan fingerprint density at radius 3 is 2.69 bits per heavy atom. The Bertz CT molecular complexity index is 578. The van der Waals surface area contributed by atoms with Gasteiger partial charge in [0, 0.05) is 46.6 Å². The average molecular weight is 519 g/mol. The first-order valence-electron chi connectivity index (χ1n) is 10.5. The van der Waals surface area contributed by atoms with E-state index < -0.39 is 0 Å². The third kappa shape index (κ3) is 11.8. The van der Waals surface area contributed by atoms with Crippen LogP contribution in [0.25, 0.3) is 0 Å². The molecule has 0 unspecified atom stereocenters. The Morgan fingerprint density at radius 2 is 1.97 bits per heavy atom. The quantitative estimate of drug-likeness (QED) is 0.202. The van der Waals surface area contributed by atoms with Gasteiger partial charge in [0.15, 0.2) is 5.96 Å². The summed E-state index contributed by atoms with van der Waals surface area (Å²) in [5, 5.41) is 6.70. The molecule has 0 radical (unpaired) electrons. The molecule has 0 amide bonds. The Balaban J connectivity index is 0.00000420. The van der Waals surface area contributed by atoms with Gasteiger partial charge < -0.3 is 24.8 Å². The van der Waals surface area contributed by atoms with Gasteiger partial charge in [0.1, 0.15) is 0 Å². The second kappa shape index (κ2) is 15.9. The predicted octanol–water partition coefficient (Wildman–Crippen LogP) is 3.73. The summed E-state index contributed by atoms with van der Waals surface area (Å²) >= 11 is 0. The van der Waals surface area contributed by atoms with Crippen LogP contribution >= 0.6 is 24.0 Å². The van der Waals surface area contributed by atoms with Crippen molar-refractivity contribution in [2.75, 3.05) is 40.0 Å². The lowest BCUT2D eigenvalue weighted by atomic mass is 10.1. The van der Waals surface area contributed by atoms with Crippen molar-refractivity contribution in [2.45, 2.75) is 52.4 Å². The van der Waals surface area contributed by atoms with Gasteiger partial charge in [0.05, 0.1) is 12.7 Å². The lowest BCUT2D eigenvalue weighted by Crippen LogP contribution is -2.37. The summed E-state index contributed by atoms with van der Waals surface area (Å²) in [4.78, 5) is 4.29. The van der Waals surface area contributed by atoms with Crippen LogP contribution in [-0.2, 0) is 27.4 Å². The summed E-state index contributed by atoms with van der Waals surface area (Å²) < 4.78 is 17.0. The lowest BCUT2D eigenvalue weighted by molar-refractivity contribution is -0.0390. The summed E-state index contributed by atoms with van der Waals surface area (Å²) in [7, 11) is 1.79. The molecule has 7 heteroatoms. The fourth-order valence-electron chi connectivity index (χ4n) is 2.99. The van der Waals surface area contributed by atoms with E-state index in [-0.39, 0.29) is 24.0 Å². The average Bonchev–Trinajstić information content (AvgIpc) is 2.72. The smallest absolute Gasteiger partial charge is 0.191 e. The molecule has 2 N–H and O–H groups in total. The number of ether oxygens (including phenoxy) is 3. The molecule has 1 aliphatic rings. The van der Waals surface area contributed by atoms with Crippen LogP contribution in [0, 0.1) is 5.92 Å². The van der Waals surface area contributed by atoms with E-state index in [9.17, 15) is 0 Å². The second-order valence-electron chi connectivity index (χ2n) is 7.62. The third-order valence-electron chi connectivity index (χ3n) is 4.54. The maximum absolute atomic E-state index is 6.02. The van der Waals surface area contributed by atoms with E-state index in [4.69, 9.17) is 14.2 Å². The fraction of sp³-hybridized carbons (Fsp3) is 0.682. The highest BCUT2D eigenvalue weighted by Gasteiger charge is 2.14. The topological polar surface area (TPSA) is 64.1 Å². The zero-order valence-corrected chi connectivity index (χ0v) is 20.4. The van der Waals surface area contributed by atoms with E-state index in [2.05, 4.69) is 53.7 Å². The SMILES string of the molecule is CN=C(NCCCOCC(C)C)NCc1cccc(COC2CCOCC2)c1.I. The minimum atomic E-state index is 0. The van der Waals surface area contributed by atoms with E-state index in [0.717, 1.165) is 64.7 Å². The first-order chi connectivity index (χ1) is 13.7. The molecule has 0 aliphatic carbocycles. The molecule has 29 heavy (non-hydrogen) atoms. The van der Waals surface area contributed by atoms with Crippen molar-refractivity contribution in [3.63, 3.8) is 0 Å². The van der Waals surface area contributed by atoms with Crippen LogP contribution < -0.4 is 10.6 Å². The van der Waals surface area contributed by atoms with Crippen molar-refractivity contribution >= 4 is 29.9 Å². The number of rotatable bonds is 11. The minimum Gasteiger partial charge on any atom is -0.381 e. The van der Waals surface area contributed by atoms with Crippen molar-refractivity contribution < 1.29 is 14.2 Å². The summed E-state index contributed by atoms with van der Waals surface area (Å²) in [6.45, 7) is 9.77. The standard InChI is InChI=1S/C22H37N3O3.HI/c1-18(2)16-27-11-5-10-24-22(23-3)25-15-19-6-4-7-20(14-19)17-28-21-8-12-26-13-9-21;/h4,6-7,14,18,21H,5,8-13,15-17H2,1-3H3,(H2,23,24,25);1H. The van der Waals surface area contributed by atoms with Crippen molar-refractivity contribution in [1.82, 2.24) is 10.6 Å². The monoisotopic (exact) mass is 519 g/mol. The molecule has 0 aromatic heterocycles. The highest BCUT2D eigenvalue weighted by Crippen LogP contribution is 2.14. The number of hydrogen-bond donors (Lipinski definition) is 2. The molecule has 1 aliphatic heterocycles. The van der Waals surface area contributed by atoms with Gasteiger partial charge in [-0.1, -0.05) is 38.1 Å². The van der Waals surface area contributed by atoms with Crippen LogP contribution in [0.1, 0.15) is 44.2 Å². The number of nitrogens with zero attached hydrogens (tertiary/aromatic N) is 1. The van der Waals surface area contributed by atoms with Crippen LogP contribution in [0.5, 0.6) is 0 Å². The number of hydrogen-bond acceptors (Lipinski definition) is 4. The summed E-state index contributed by atoms with van der Waals surface area (Å²) in [5.74, 6) is 1.40. The largest absolute Gasteiger partial charge is 0.381 e. The van der Waals surface area contributed by atoms with E-state index in [1.807, 2.05) is 0 Å². The molecule has 1 heterocycles. The molecule has 0 saturated carbocycles.